The second-order valence-corrected chi connectivity index (χ2v) is 5.32. The van der Waals surface area contributed by atoms with E-state index in [4.69, 9.17) is 10.3 Å². The molecule has 0 aliphatic rings. The number of hydrogen-bond donors (Lipinski definition) is 2. The zero-order chi connectivity index (χ0) is 13.8. The molecule has 0 bridgehead atoms. The summed E-state index contributed by atoms with van der Waals surface area (Å²) in [6, 6.07) is 6.02. The molecule has 19 heavy (non-hydrogen) atoms. The molecule has 1 atom stereocenters. The largest absolute Gasteiger partial charge is 0.467 e. The number of hydrazine groups is 1. The number of carbonyl (C=O) groups excluding carboxylic acids is 1. The lowest BCUT2D eigenvalue weighted by molar-refractivity contribution is 0.0949. The maximum Gasteiger partial charge on any atom is 0.268 e. The van der Waals surface area contributed by atoms with E-state index >= 15 is 0 Å². The summed E-state index contributed by atoms with van der Waals surface area (Å²) in [4.78, 5) is 15.0. The highest BCUT2D eigenvalue weighted by atomic mass is 32.1. The molecule has 3 N–H and O–H groups in total. The van der Waals surface area contributed by atoms with Crippen LogP contribution >= 0.6 is 11.3 Å². The van der Waals surface area contributed by atoms with Crippen LogP contribution in [0, 0.1) is 0 Å². The van der Waals surface area contributed by atoms with Gasteiger partial charge in [-0.25, -0.2) is 5.84 Å². The zero-order valence-corrected chi connectivity index (χ0v) is 11.7. The van der Waals surface area contributed by atoms with Gasteiger partial charge in [0.1, 0.15) is 5.76 Å². The summed E-state index contributed by atoms with van der Waals surface area (Å²) >= 11 is 1.72. The lowest BCUT2D eigenvalue weighted by atomic mass is 10.2. The van der Waals surface area contributed by atoms with Crippen LogP contribution in [0.15, 0.2) is 34.3 Å². The maximum absolute atomic E-state index is 11.6. The third-order valence-corrected chi connectivity index (χ3v) is 4.17. The number of nitrogen functional groups attached to an aromatic ring is 1. The standard InChI is InChI=1S/C13H17N3O2S/c1-9(12-4-3-7-19-12)16(2)8-11-10(5-6-18-11)13(17)15-14/h3-7,9H,8,14H2,1-2H3,(H,15,17). The van der Waals surface area contributed by atoms with Crippen LogP contribution in [-0.4, -0.2) is 17.9 Å². The lowest BCUT2D eigenvalue weighted by Crippen LogP contribution is -2.31. The van der Waals surface area contributed by atoms with Crippen molar-refractivity contribution in [3.63, 3.8) is 0 Å². The first-order valence-corrected chi connectivity index (χ1v) is 6.82. The smallest absolute Gasteiger partial charge is 0.268 e. The fraction of sp³-hybridized carbons (Fsp3) is 0.308. The predicted molar refractivity (Wildman–Crippen MR) is 74.6 cm³/mol. The molecule has 0 fully saturated rings. The van der Waals surface area contributed by atoms with Crippen LogP contribution in [0.3, 0.4) is 0 Å². The Morgan fingerprint density at radius 1 is 1.58 bits per heavy atom. The molecule has 0 saturated carbocycles. The summed E-state index contributed by atoms with van der Waals surface area (Å²) < 4.78 is 5.37. The molecule has 1 amide bonds. The van der Waals surface area contributed by atoms with E-state index in [-0.39, 0.29) is 11.9 Å². The highest BCUT2D eigenvalue weighted by molar-refractivity contribution is 7.10. The molecule has 6 heteroatoms. The van der Waals surface area contributed by atoms with E-state index in [0.29, 0.717) is 17.9 Å². The highest BCUT2D eigenvalue weighted by Crippen LogP contribution is 2.25. The number of amides is 1. The monoisotopic (exact) mass is 279 g/mol. The normalized spacial score (nSPS) is 12.6. The minimum atomic E-state index is -0.332. The van der Waals surface area contributed by atoms with Crippen molar-refractivity contribution < 1.29 is 9.21 Å². The molecule has 0 saturated heterocycles. The number of nitrogens with one attached hydrogen (secondary N) is 1. The van der Waals surface area contributed by atoms with Gasteiger partial charge in [-0.05, 0) is 31.5 Å². The molecule has 2 heterocycles. The van der Waals surface area contributed by atoms with E-state index in [1.54, 1.807) is 17.4 Å². The second-order valence-electron chi connectivity index (χ2n) is 4.34. The van der Waals surface area contributed by atoms with E-state index in [2.05, 4.69) is 28.7 Å². The highest BCUT2D eigenvalue weighted by Gasteiger charge is 2.19. The van der Waals surface area contributed by atoms with E-state index in [9.17, 15) is 4.79 Å². The van der Waals surface area contributed by atoms with Gasteiger partial charge in [-0.1, -0.05) is 6.07 Å². The number of rotatable bonds is 5. The first kappa shape index (κ1) is 13.8. The fourth-order valence-corrected chi connectivity index (χ4v) is 2.70. The average Bonchev–Trinajstić information content (AvgIpc) is 3.07. The molecule has 5 nitrogen and oxygen atoms in total. The minimum Gasteiger partial charge on any atom is -0.467 e. The molecule has 102 valence electrons. The Hall–Kier alpha value is -1.63. The number of carbonyl (C=O) groups is 1. The van der Waals surface area contributed by atoms with Gasteiger partial charge in [-0.2, -0.15) is 0 Å². The van der Waals surface area contributed by atoms with Crippen molar-refractivity contribution in [2.45, 2.75) is 19.5 Å². The van der Waals surface area contributed by atoms with Gasteiger partial charge >= 0.3 is 0 Å². The quantitative estimate of drug-likeness (QED) is 0.500. The third-order valence-electron chi connectivity index (χ3n) is 3.13. The van der Waals surface area contributed by atoms with Crippen LogP contribution in [0.1, 0.15) is 34.0 Å². The summed E-state index contributed by atoms with van der Waals surface area (Å²) in [7, 11) is 2.00. The van der Waals surface area contributed by atoms with Gasteiger partial charge in [0.15, 0.2) is 0 Å². The lowest BCUT2D eigenvalue weighted by Gasteiger charge is -2.23. The summed E-state index contributed by atoms with van der Waals surface area (Å²) in [6.45, 7) is 2.67. The molecule has 0 aromatic carbocycles. The van der Waals surface area contributed by atoms with Crippen LogP contribution in [0.5, 0.6) is 0 Å². The van der Waals surface area contributed by atoms with E-state index in [1.165, 1.54) is 11.1 Å². The van der Waals surface area contributed by atoms with Gasteiger partial charge in [-0.3, -0.25) is 15.1 Å². The Morgan fingerprint density at radius 3 is 3.00 bits per heavy atom. The number of nitrogens with two attached hydrogens (primary N) is 1. The third kappa shape index (κ3) is 3.04. The molecular formula is C13H17N3O2S. The van der Waals surface area contributed by atoms with Crippen molar-refractivity contribution in [1.82, 2.24) is 10.3 Å². The first-order valence-electron chi connectivity index (χ1n) is 5.94. The molecular weight excluding hydrogens is 262 g/mol. The molecule has 1 unspecified atom stereocenters. The topological polar surface area (TPSA) is 71.5 Å². The summed E-state index contributed by atoms with van der Waals surface area (Å²) in [5, 5.41) is 2.06. The van der Waals surface area contributed by atoms with Crippen molar-refractivity contribution in [3.8, 4) is 0 Å². The maximum atomic E-state index is 11.6. The average molecular weight is 279 g/mol. The van der Waals surface area contributed by atoms with Crippen molar-refractivity contribution in [1.29, 1.82) is 0 Å². The Labute approximate surface area is 116 Å². The number of thiophene rings is 1. The minimum absolute atomic E-state index is 0.263. The SMILES string of the molecule is CC(c1cccs1)N(C)Cc1occc1C(=O)NN. The van der Waals surface area contributed by atoms with Crippen LogP contribution in [0.25, 0.3) is 0 Å². The van der Waals surface area contributed by atoms with Crippen LogP contribution in [0.4, 0.5) is 0 Å². The zero-order valence-electron chi connectivity index (χ0n) is 10.9. The van der Waals surface area contributed by atoms with Gasteiger partial charge in [0.05, 0.1) is 18.4 Å². The number of nitrogens with zero attached hydrogens (tertiary/aromatic N) is 1. The van der Waals surface area contributed by atoms with Crippen molar-refractivity contribution in [2.24, 2.45) is 5.84 Å². The number of furan rings is 1. The fourth-order valence-electron chi connectivity index (χ4n) is 1.85. The summed E-state index contributed by atoms with van der Waals surface area (Å²) in [6.07, 6.45) is 1.50. The number of hydrogen-bond acceptors (Lipinski definition) is 5. The van der Waals surface area contributed by atoms with Crippen molar-refractivity contribution in [2.75, 3.05) is 7.05 Å². The van der Waals surface area contributed by atoms with Crippen LogP contribution in [-0.2, 0) is 6.54 Å². The van der Waals surface area contributed by atoms with Gasteiger partial charge in [-0.15, -0.1) is 11.3 Å². The van der Waals surface area contributed by atoms with Crippen molar-refractivity contribution >= 4 is 17.2 Å². The van der Waals surface area contributed by atoms with E-state index in [0.717, 1.165) is 0 Å². The van der Waals surface area contributed by atoms with Crippen molar-refractivity contribution in [3.05, 3.63) is 46.0 Å². The van der Waals surface area contributed by atoms with E-state index in [1.807, 2.05) is 13.1 Å². The van der Waals surface area contributed by atoms with Gasteiger partial charge < -0.3 is 4.42 Å². The van der Waals surface area contributed by atoms with Gasteiger partial charge in [0.25, 0.3) is 5.91 Å². The molecule has 2 aromatic heterocycles. The Kier molecular flexibility index (Phi) is 4.36. The van der Waals surface area contributed by atoms with Gasteiger partial charge in [0, 0.05) is 10.9 Å². The summed E-state index contributed by atoms with van der Waals surface area (Å²) in [5.74, 6) is 5.43. The van der Waals surface area contributed by atoms with Crippen LogP contribution < -0.4 is 11.3 Å². The second kappa shape index (κ2) is 6.01. The Bertz CT molecular complexity index is 536. The summed E-state index contributed by atoms with van der Waals surface area (Å²) in [5.41, 5.74) is 2.60. The molecule has 0 spiro atoms. The van der Waals surface area contributed by atoms with Crippen LogP contribution in [0.2, 0.25) is 0 Å². The first-order chi connectivity index (χ1) is 9.13. The van der Waals surface area contributed by atoms with E-state index < -0.39 is 0 Å². The Morgan fingerprint density at radius 2 is 2.37 bits per heavy atom. The molecule has 0 radical (unpaired) electrons. The molecule has 2 aromatic rings. The Balaban J connectivity index is 2.09. The predicted octanol–water partition coefficient (Wildman–Crippen LogP) is 2.14. The molecule has 0 aliphatic heterocycles. The molecule has 2 rings (SSSR count). The van der Waals surface area contributed by atoms with Gasteiger partial charge in [0.2, 0.25) is 0 Å². The molecule has 0 aliphatic carbocycles.